The van der Waals surface area contributed by atoms with Crippen LogP contribution >= 0.6 is 22.6 Å². The number of hydrogen-bond donors (Lipinski definition) is 0. The van der Waals surface area contributed by atoms with Gasteiger partial charge in [0.25, 0.3) is 0 Å². The van der Waals surface area contributed by atoms with Gasteiger partial charge in [0.1, 0.15) is 0 Å². The summed E-state index contributed by atoms with van der Waals surface area (Å²) in [5, 5.41) is 0. The van der Waals surface area contributed by atoms with Crippen molar-refractivity contribution < 1.29 is 0 Å². The maximum Gasteiger partial charge on any atom is 0.213 e. The summed E-state index contributed by atoms with van der Waals surface area (Å²) in [5.41, 5.74) is 1.31. The lowest BCUT2D eigenvalue weighted by Crippen LogP contribution is -2.06. The molecule has 0 atom stereocenters. The number of rotatable bonds is 2. The van der Waals surface area contributed by atoms with Gasteiger partial charge < -0.3 is 4.90 Å². The van der Waals surface area contributed by atoms with Gasteiger partial charge in [0.05, 0.1) is 18.6 Å². The summed E-state index contributed by atoms with van der Waals surface area (Å²) in [7, 11) is 3.79. The zero-order valence-corrected chi connectivity index (χ0v) is 10.2. The van der Waals surface area contributed by atoms with E-state index in [0.29, 0.717) is 11.4 Å². The van der Waals surface area contributed by atoms with Crippen LogP contribution in [0.15, 0.2) is 23.2 Å². The molecule has 0 spiro atoms. The molecule has 0 aromatic heterocycles. The Hall–Kier alpha value is -1.09. The summed E-state index contributed by atoms with van der Waals surface area (Å²) in [6.45, 7) is 7.00. The molecule has 0 amide bonds. The molecule has 0 aliphatic rings. The molecule has 0 heterocycles. The topological polar surface area (TPSA) is 20.0 Å². The molecular weight excluding hydrogens is 289 g/mol. The predicted molar refractivity (Wildman–Crippen MR) is 67.3 cm³/mol. The van der Waals surface area contributed by atoms with Gasteiger partial charge in [-0.2, -0.15) is 0 Å². The van der Waals surface area contributed by atoms with Crippen molar-refractivity contribution in [2.24, 2.45) is 4.99 Å². The Labute approximate surface area is 97.4 Å². The van der Waals surface area contributed by atoms with Crippen LogP contribution in [0.3, 0.4) is 0 Å². The first-order chi connectivity index (χ1) is 6.63. The minimum Gasteiger partial charge on any atom is -0.369 e. The fourth-order valence-corrected chi connectivity index (χ4v) is 1.35. The molecule has 0 bridgehead atoms. The second-order valence-corrected chi connectivity index (χ2v) is 4.20. The molecule has 72 valence electrons. The minimum atomic E-state index is 0.593. The van der Waals surface area contributed by atoms with Crippen LogP contribution in [0, 0.1) is 10.1 Å². The summed E-state index contributed by atoms with van der Waals surface area (Å²) in [5.74, 6) is 0. The predicted octanol–water partition coefficient (Wildman–Crippen LogP) is 3.06. The highest BCUT2D eigenvalue weighted by molar-refractivity contribution is 14.1. The maximum atomic E-state index is 7.00. The Bertz CT molecular complexity index is 391. The van der Waals surface area contributed by atoms with Crippen LogP contribution in [0.4, 0.5) is 11.4 Å². The lowest BCUT2D eigenvalue weighted by molar-refractivity contribution is 0.643. The largest absolute Gasteiger partial charge is 0.369 e. The van der Waals surface area contributed by atoms with E-state index in [2.05, 4.69) is 32.4 Å². The molecule has 0 fully saturated rings. The first-order valence-electron chi connectivity index (χ1n) is 4.01. The molecule has 0 aliphatic heterocycles. The molecule has 1 aromatic carbocycles. The highest BCUT2D eigenvalue weighted by Crippen LogP contribution is 2.29. The van der Waals surface area contributed by atoms with Crippen LogP contribution < -0.4 is 0 Å². The average Bonchev–Trinajstić information content (AvgIpc) is 2.15. The quantitative estimate of drug-likeness (QED) is 0.356. The van der Waals surface area contributed by atoms with Crippen molar-refractivity contribution in [1.29, 1.82) is 0 Å². The van der Waals surface area contributed by atoms with Crippen molar-refractivity contribution in [2.45, 2.75) is 0 Å². The Balaban J connectivity index is 3.04. The molecule has 1 rings (SSSR count). The maximum absolute atomic E-state index is 7.00. The average molecular weight is 299 g/mol. The van der Waals surface area contributed by atoms with E-state index in [0.717, 1.165) is 3.57 Å². The van der Waals surface area contributed by atoms with Crippen LogP contribution in [0.5, 0.6) is 0 Å². The van der Waals surface area contributed by atoms with Gasteiger partial charge in [-0.1, -0.05) is 0 Å². The molecular formula is C10H10IN3. The molecule has 0 N–H and O–H groups in total. The standard InChI is InChI=1S/C10H10IN3/c1-12-10-6-8(11)4-5-9(10)13-7-14(2)3/h4-7H,2-3H3. The fourth-order valence-electron chi connectivity index (χ4n) is 0.873. The Kier molecular flexibility index (Phi) is 3.89. The van der Waals surface area contributed by atoms with Gasteiger partial charge >= 0.3 is 0 Å². The van der Waals surface area contributed by atoms with E-state index in [1.807, 2.05) is 37.2 Å². The fraction of sp³-hybridized carbons (Fsp3) is 0.200. The van der Waals surface area contributed by atoms with Crippen molar-refractivity contribution in [3.8, 4) is 0 Å². The van der Waals surface area contributed by atoms with E-state index < -0.39 is 0 Å². The number of aliphatic imine (C=N–C) groups is 1. The van der Waals surface area contributed by atoms with Crippen LogP contribution in [0.25, 0.3) is 4.85 Å². The zero-order valence-electron chi connectivity index (χ0n) is 8.03. The highest BCUT2D eigenvalue weighted by atomic mass is 127. The first-order valence-corrected chi connectivity index (χ1v) is 5.09. The number of hydrogen-bond acceptors (Lipinski definition) is 1. The lowest BCUT2D eigenvalue weighted by Gasteiger charge is -2.03. The third-order valence-corrected chi connectivity index (χ3v) is 2.16. The number of nitrogens with zero attached hydrogens (tertiary/aromatic N) is 3. The van der Waals surface area contributed by atoms with E-state index in [1.165, 1.54) is 0 Å². The third-order valence-electron chi connectivity index (χ3n) is 1.49. The van der Waals surface area contributed by atoms with Crippen molar-refractivity contribution in [2.75, 3.05) is 14.1 Å². The van der Waals surface area contributed by atoms with Gasteiger partial charge in [-0.05, 0) is 40.8 Å². The van der Waals surface area contributed by atoms with E-state index >= 15 is 0 Å². The molecule has 3 nitrogen and oxygen atoms in total. The molecule has 0 radical (unpaired) electrons. The van der Waals surface area contributed by atoms with Gasteiger partial charge in [0.2, 0.25) is 5.69 Å². The van der Waals surface area contributed by atoms with Gasteiger partial charge in [-0.25, -0.2) is 4.85 Å². The smallest absolute Gasteiger partial charge is 0.213 e. The Morgan fingerprint density at radius 1 is 1.50 bits per heavy atom. The summed E-state index contributed by atoms with van der Waals surface area (Å²) >= 11 is 2.18. The monoisotopic (exact) mass is 299 g/mol. The normalized spacial score (nSPS) is 10.1. The van der Waals surface area contributed by atoms with E-state index in [9.17, 15) is 0 Å². The van der Waals surface area contributed by atoms with Crippen molar-refractivity contribution in [1.82, 2.24) is 4.90 Å². The molecule has 0 saturated heterocycles. The van der Waals surface area contributed by atoms with Gasteiger partial charge in [-0.3, -0.25) is 4.99 Å². The summed E-state index contributed by atoms with van der Waals surface area (Å²) in [6.07, 6.45) is 1.69. The van der Waals surface area contributed by atoms with Gasteiger partial charge in [-0.15, -0.1) is 0 Å². The first kappa shape index (κ1) is 11.0. The molecule has 14 heavy (non-hydrogen) atoms. The second-order valence-electron chi connectivity index (χ2n) is 2.95. The van der Waals surface area contributed by atoms with Crippen LogP contribution in [0.1, 0.15) is 0 Å². The number of halogens is 1. The van der Waals surface area contributed by atoms with E-state index in [-0.39, 0.29) is 0 Å². The van der Waals surface area contributed by atoms with Gasteiger partial charge in [0, 0.05) is 17.7 Å². The Morgan fingerprint density at radius 2 is 2.21 bits per heavy atom. The molecule has 0 aliphatic carbocycles. The zero-order chi connectivity index (χ0) is 10.6. The number of benzene rings is 1. The van der Waals surface area contributed by atoms with Crippen LogP contribution in [-0.2, 0) is 0 Å². The SMILES string of the molecule is [C-]#[N+]c1cc(I)ccc1N=CN(C)C. The Morgan fingerprint density at radius 3 is 2.79 bits per heavy atom. The second kappa shape index (κ2) is 4.96. The third kappa shape index (κ3) is 3.00. The molecule has 1 aromatic rings. The van der Waals surface area contributed by atoms with Gasteiger partial charge in [0.15, 0.2) is 0 Å². The lowest BCUT2D eigenvalue weighted by atomic mass is 10.3. The summed E-state index contributed by atoms with van der Waals surface area (Å²) in [4.78, 5) is 9.46. The molecule has 4 heteroatoms. The summed E-state index contributed by atoms with van der Waals surface area (Å²) < 4.78 is 1.05. The highest BCUT2D eigenvalue weighted by Gasteiger charge is 2.00. The van der Waals surface area contributed by atoms with Crippen molar-refractivity contribution >= 4 is 40.3 Å². The molecule has 0 saturated carbocycles. The van der Waals surface area contributed by atoms with Crippen molar-refractivity contribution in [3.63, 3.8) is 0 Å². The summed E-state index contributed by atoms with van der Waals surface area (Å²) in [6, 6.07) is 5.63. The van der Waals surface area contributed by atoms with Crippen LogP contribution in [-0.4, -0.2) is 25.3 Å². The van der Waals surface area contributed by atoms with Crippen LogP contribution in [0.2, 0.25) is 0 Å². The van der Waals surface area contributed by atoms with E-state index in [1.54, 1.807) is 6.34 Å². The minimum absolute atomic E-state index is 0.593. The van der Waals surface area contributed by atoms with E-state index in [4.69, 9.17) is 6.57 Å². The molecule has 0 unspecified atom stereocenters. The van der Waals surface area contributed by atoms with Crippen molar-refractivity contribution in [3.05, 3.63) is 33.2 Å².